The van der Waals surface area contributed by atoms with E-state index in [-0.39, 0.29) is 36.7 Å². The third-order valence-electron chi connectivity index (χ3n) is 4.47. The molecule has 0 saturated carbocycles. The molecule has 28 heavy (non-hydrogen) atoms. The Balaban J connectivity index is 0.00000190. The number of hydrogen-bond acceptors (Lipinski definition) is 7. The third kappa shape index (κ3) is 5.92. The van der Waals surface area contributed by atoms with E-state index in [9.17, 15) is 14.5 Å². The number of aromatic amines is 1. The molecule has 9 nitrogen and oxygen atoms in total. The third-order valence-corrected chi connectivity index (χ3v) is 5.60. The summed E-state index contributed by atoms with van der Waals surface area (Å²) in [5.41, 5.74) is 4.31. The van der Waals surface area contributed by atoms with Gasteiger partial charge in [-0.3, -0.25) is 14.3 Å². The van der Waals surface area contributed by atoms with Crippen molar-refractivity contribution >= 4 is 13.9 Å². The van der Waals surface area contributed by atoms with Gasteiger partial charge in [-0.1, -0.05) is 39.5 Å². The van der Waals surface area contributed by atoms with Crippen LogP contribution in [-0.4, -0.2) is 47.1 Å². The molecule has 2 rings (SSSR count). The van der Waals surface area contributed by atoms with E-state index in [0.717, 1.165) is 0 Å². The summed E-state index contributed by atoms with van der Waals surface area (Å²) >= 11 is 0. The molecule has 1 aromatic heterocycles. The van der Waals surface area contributed by atoms with Gasteiger partial charge in [0.05, 0.1) is 19.3 Å². The molecule has 0 aliphatic carbocycles. The van der Waals surface area contributed by atoms with Gasteiger partial charge in [-0.05, 0) is 12.2 Å². The van der Waals surface area contributed by atoms with Crippen molar-refractivity contribution in [1.29, 1.82) is 0 Å². The average molecular weight is 415 g/mol. The van der Waals surface area contributed by atoms with Crippen LogP contribution in [0, 0.1) is 23.7 Å². The predicted molar refractivity (Wildman–Crippen MR) is 110 cm³/mol. The Morgan fingerprint density at radius 1 is 1.39 bits per heavy atom. The van der Waals surface area contributed by atoms with Gasteiger partial charge < -0.3 is 24.4 Å². The van der Waals surface area contributed by atoms with Gasteiger partial charge in [-0.15, -0.1) is 0 Å². The Morgan fingerprint density at radius 2 is 2.04 bits per heavy atom. The van der Waals surface area contributed by atoms with Gasteiger partial charge in [-0.2, -0.15) is 0 Å². The number of nitrogens with zero attached hydrogens (tertiary/aromatic N) is 1. The van der Waals surface area contributed by atoms with Gasteiger partial charge >= 0.3 is 5.69 Å². The van der Waals surface area contributed by atoms with E-state index in [2.05, 4.69) is 23.1 Å². The van der Waals surface area contributed by atoms with Crippen molar-refractivity contribution in [2.24, 2.45) is 17.6 Å². The van der Waals surface area contributed by atoms with E-state index < -0.39 is 25.0 Å². The number of rotatable bonds is 5. The van der Waals surface area contributed by atoms with Crippen LogP contribution in [0.2, 0.25) is 0 Å². The fourth-order valence-electron chi connectivity index (χ4n) is 2.69. The number of ether oxygens (including phenoxy) is 1. The fraction of sp³-hybridized carbons (Fsp3) is 0.611. The van der Waals surface area contributed by atoms with Crippen LogP contribution in [0.4, 0.5) is 0 Å². The van der Waals surface area contributed by atoms with Gasteiger partial charge in [-0.25, -0.2) is 4.79 Å². The predicted octanol–water partition coefficient (Wildman–Crippen LogP) is 0.893. The van der Waals surface area contributed by atoms with Crippen molar-refractivity contribution in [2.75, 3.05) is 20.3 Å². The zero-order chi connectivity index (χ0) is 21.5. The SMILES string of the molecule is C=P(O)(OC)OCC1OC(n2cc(C#CCN)c(=O)[nH]c2=O)C(C)C1C.CC. The molecule has 0 spiro atoms. The number of hydrogen-bond donors (Lipinski definition) is 3. The lowest BCUT2D eigenvalue weighted by atomic mass is 9.93. The number of aromatic nitrogens is 2. The molecule has 1 aromatic rings. The van der Waals surface area contributed by atoms with Crippen LogP contribution < -0.4 is 17.0 Å². The zero-order valence-electron chi connectivity index (χ0n) is 17.0. The second kappa shape index (κ2) is 10.8. The van der Waals surface area contributed by atoms with Crippen LogP contribution >= 0.6 is 7.57 Å². The summed E-state index contributed by atoms with van der Waals surface area (Å²) in [6.07, 6.45) is 3.87. The van der Waals surface area contributed by atoms with Crippen LogP contribution in [-0.2, 0) is 13.8 Å². The van der Waals surface area contributed by atoms with Gasteiger partial charge in [0.2, 0.25) is 7.57 Å². The quantitative estimate of drug-likeness (QED) is 0.481. The van der Waals surface area contributed by atoms with Gasteiger partial charge in [0.25, 0.3) is 5.56 Å². The zero-order valence-corrected chi connectivity index (χ0v) is 17.9. The standard InChI is InChI=1S/C16H24N3O6P.C2H6/c1-10-11(2)15(25-13(10)9-24-26(4,22)23-3)19-8-12(6-5-7-17)14(20)18-16(19)21;1-2/h8,10-11,13,15,22H,4,7,9,17H2,1-3H3,(H,18,20,21);1-2H3. The summed E-state index contributed by atoms with van der Waals surface area (Å²) in [7, 11) is -1.81. The summed E-state index contributed by atoms with van der Waals surface area (Å²) in [6.45, 7) is 8.06. The summed E-state index contributed by atoms with van der Waals surface area (Å²) in [5.74, 6) is 5.20. The highest BCUT2D eigenvalue weighted by atomic mass is 31.2. The van der Waals surface area contributed by atoms with Crippen molar-refractivity contribution in [2.45, 2.75) is 40.0 Å². The lowest BCUT2D eigenvalue weighted by molar-refractivity contribution is -0.0354. The molecule has 10 heteroatoms. The molecule has 5 unspecified atom stereocenters. The van der Waals surface area contributed by atoms with Crippen LogP contribution in [0.5, 0.6) is 0 Å². The normalized spacial score (nSPS) is 25.8. The lowest BCUT2D eigenvalue weighted by Gasteiger charge is -2.20. The topological polar surface area (TPSA) is 129 Å². The highest BCUT2D eigenvalue weighted by molar-refractivity contribution is 7.58. The van der Waals surface area contributed by atoms with Gasteiger partial charge in [0.15, 0.2) is 0 Å². The molecule has 1 fully saturated rings. The van der Waals surface area contributed by atoms with E-state index >= 15 is 0 Å². The first-order chi connectivity index (χ1) is 13.2. The average Bonchev–Trinajstić information content (AvgIpc) is 2.96. The monoisotopic (exact) mass is 415 g/mol. The first-order valence-electron chi connectivity index (χ1n) is 9.06. The minimum Gasteiger partial charge on any atom is -0.352 e. The number of nitrogens with two attached hydrogens (primary N) is 1. The first kappa shape index (κ1) is 24.4. The molecule has 4 N–H and O–H groups in total. The molecule has 2 heterocycles. The Morgan fingerprint density at radius 3 is 2.61 bits per heavy atom. The molecule has 1 aliphatic rings. The molecule has 1 aliphatic heterocycles. The number of nitrogens with one attached hydrogen (secondary N) is 1. The number of H-pyrrole nitrogens is 1. The van der Waals surface area contributed by atoms with E-state index in [1.807, 2.05) is 27.7 Å². The van der Waals surface area contributed by atoms with E-state index in [1.54, 1.807) is 0 Å². The summed E-state index contributed by atoms with van der Waals surface area (Å²) in [4.78, 5) is 36.1. The summed E-state index contributed by atoms with van der Waals surface area (Å²) < 4.78 is 17.4. The van der Waals surface area contributed by atoms with E-state index in [4.69, 9.17) is 19.5 Å². The highest BCUT2D eigenvalue weighted by Crippen LogP contribution is 2.44. The van der Waals surface area contributed by atoms with Crippen molar-refractivity contribution in [3.63, 3.8) is 0 Å². The van der Waals surface area contributed by atoms with Crippen molar-refractivity contribution in [3.8, 4) is 11.8 Å². The Kier molecular flexibility index (Phi) is 9.37. The molecular formula is C18H30N3O6P. The first-order valence-corrected chi connectivity index (χ1v) is 10.8. The van der Waals surface area contributed by atoms with Crippen LogP contribution in [0.3, 0.4) is 0 Å². The van der Waals surface area contributed by atoms with Crippen molar-refractivity contribution in [3.05, 3.63) is 32.6 Å². The smallest absolute Gasteiger partial charge is 0.330 e. The van der Waals surface area contributed by atoms with Gasteiger partial charge in [0, 0.05) is 19.2 Å². The maximum atomic E-state index is 12.2. The maximum Gasteiger partial charge on any atom is 0.330 e. The highest BCUT2D eigenvalue weighted by Gasteiger charge is 2.41. The molecule has 0 bridgehead atoms. The minimum absolute atomic E-state index is 0.0225. The summed E-state index contributed by atoms with van der Waals surface area (Å²) in [5, 5.41) is 0. The Bertz CT molecular complexity index is 869. The Hall–Kier alpha value is -1.66. The van der Waals surface area contributed by atoms with Crippen molar-refractivity contribution in [1.82, 2.24) is 9.55 Å². The molecule has 0 aromatic carbocycles. The van der Waals surface area contributed by atoms with Crippen LogP contribution in [0.25, 0.3) is 0 Å². The maximum absolute atomic E-state index is 12.2. The van der Waals surface area contributed by atoms with Crippen molar-refractivity contribution < 1.29 is 18.7 Å². The molecule has 0 amide bonds. The molecule has 1 saturated heterocycles. The van der Waals surface area contributed by atoms with E-state index in [0.29, 0.717) is 0 Å². The van der Waals surface area contributed by atoms with Crippen LogP contribution in [0.1, 0.15) is 39.5 Å². The fourth-order valence-corrected chi connectivity index (χ4v) is 3.17. The molecule has 0 radical (unpaired) electrons. The molecular weight excluding hydrogens is 385 g/mol. The van der Waals surface area contributed by atoms with E-state index in [1.165, 1.54) is 17.9 Å². The minimum atomic E-state index is -3.13. The molecule has 158 valence electrons. The molecule has 5 atom stereocenters. The lowest BCUT2D eigenvalue weighted by Crippen LogP contribution is -2.35. The summed E-state index contributed by atoms with van der Waals surface area (Å²) in [6, 6.07) is 0. The van der Waals surface area contributed by atoms with Gasteiger partial charge in [0.1, 0.15) is 11.8 Å². The second-order valence-corrected chi connectivity index (χ2v) is 8.01. The van der Waals surface area contributed by atoms with Crippen LogP contribution in [0.15, 0.2) is 15.8 Å². The Labute approximate surface area is 165 Å². The second-order valence-electron chi connectivity index (χ2n) is 6.11. The largest absolute Gasteiger partial charge is 0.352 e.